The summed E-state index contributed by atoms with van der Waals surface area (Å²) in [6.07, 6.45) is 0. The van der Waals surface area contributed by atoms with Crippen molar-refractivity contribution in [2.75, 3.05) is 17.7 Å². The number of aromatic hydroxyl groups is 1. The summed E-state index contributed by atoms with van der Waals surface area (Å²) in [4.78, 5) is 29.8. The topological polar surface area (TPSA) is 150 Å². The Morgan fingerprint density at radius 1 is 1.05 bits per heavy atom. The Bertz CT molecular complexity index is 1600. The lowest BCUT2D eigenvalue weighted by atomic mass is 9.97. The fraction of sp³-hybridized carbons (Fsp3) is 0.103. The number of pyridine rings is 1. The molecule has 1 atom stereocenters. The monoisotopic (exact) mass is 577 g/mol. The van der Waals surface area contributed by atoms with E-state index in [4.69, 9.17) is 22.1 Å². The number of halogens is 2. The molecule has 40 heavy (non-hydrogen) atoms. The predicted molar refractivity (Wildman–Crippen MR) is 157 cm³/mol. The maximum atomic E-state index is 13.1. The lowest BCUT2D eigenvalue weighted by Gasteiger charge is -2.15. The number of nitriles is 1. The smallest absolute Gasteiger partial charge is 0.256 e. The van der Waals surface area contributed by atoms with Gasteiger partial charge in [-0.15, -0.1) is 12.4 Å². The van der Waals surface area contributed by atoms with E-state index >= 15 is 0 Å². The fourth-order valence-corrected chi connectivity index (χ4v) is 3.94. The van der Waals surface area contributed by atoms with Crippen molar-refractivity contribution in [3.05, 3.63) is 88.9 Å². The quantitative estimate of drug-likeness (QED) is 0.222. The van der Waals surface area contributed by atoms with Gasteiger partial charge in [0.05, 0.1) is 18.8 Å². The van der Waals surface area contributed by atoms with Crippen LogP contribution >= 0.6 is 24.0 Å². The third kappa shape index (κ3) is 6.68. The zero-order valence-electron chi connectivity index (χ0n) is 21.4. The van der Waals surface area contributed by atoms with Crippen LogP contribution in [0.1, 0.15) is 22.8 Å². The molecule has 11 heteroatoms. The highest BCUT2D eigenvalue weighted by Crippen LogP contribution is 2.37. The van der Waals surface area contributed by atoms with Crippen LogP contribution in [0.15, 0.2) is 72.8 Å². The van der Waals surface area contributed by atoms with E-state index in [1.54, 1.807) is 73.7 Å². The summed E-state index contributed by atoms with van der Waals surface area (Å²) in [6, 6.07) is 20.9. The molecule has 4 rings (SSSR count). The second-order valence-electron chi connectivity index (χ2n) is 8.59. The van der Waals surface area contributed by atoms with Crippen LogP contribution in [0, 0.1) is 11.3 Å². The molecule has 1 aromatic heterocycles. The first kappa shape index (κ1) is 29.9. The Balaban J connectivity index is 0.00000441. The molecule has 1 unspecified atom stereocenters. The number of anilines is 2. The Morgan fingerprint density at radius 3 is 2.40 bits per heavy atom. The van der Waals surface area contributed by atoms with Gasteiger partial charge in [-0.2, -0.15) is 5.26 Å². The van der Waals surface area contributed by atoms with Crippen molar-refractivity contribution in [1.29, 1.82) is 5.26 Å². The molecule has 0 aliphatic carbocycles. The van der Waals surface area contributed by atoms with Crippen molar-refractivity contribution in [2.24, 2.45) is 5.73 Å². The van der Waals surface area contributed by atoms with Crippen LogP contribution in [-0.4, -0.2) is 35.1 Å². The first-order valence-electron chi connectivity index (χ1n) is 11.8. The van der Waals surface area contributed by atoms with Gasteiger partial charge in [0.1, 0.15) is 23.1 Å². The van der Waals surface area contributed by atoms with Crippen molar-refractivity contribution in [2.45, 2.75) is 13.0 Å². The van der Waals surface area contributed by atoms with Crippen molar-refractivity contribution < 1.29 is 19.4 Å². The Morgan fingerprint density at radius 2 is 1.77 bits per heavy atom. The Hall–Kier alpha value is -4.62. The number of phenolic OH excluding ortho intramolecular Hbond substituents is 1. The van der Waals surface area contributed by atoms with Crippen LogP contribution in [0.4, 0.5) is 11.5 Å². The highest BCUT2D eigenvalue weighted by molar-refractivity contribution is 6.30. The summed E-state index contributed by atoms with van der Waals surface area (Å²) < 4.78 is 5.15. The van der Waals surface area contributed by atoms with Crippen LogP contribution < -0.4 is 21.1 Å². The second kappa shape index (κ2) is 13.0. The Kier molecular flexibility index (Phi) is 9.69. The van der Waals surface area contributed by atoms with Gasteiger partial charge in [0, 0.05) is 27.4 Å². The largest absolute Gasteiger partial charge is 0.507 e. The van der Waals surface area contributed by atoms with Gasteiger partial charge in [0.15, 0.2) is 5.82 Å². The number of benzene rings is 3. The molecule has 0 radical (unpaired) electrons. The number of nitrogens with zero attached hydrogens (tertiary/aromatic N) is 2. The van der Waals surface area contributed by atoms with Crippen LogP contribution in [0.25, 0.3) is 22.4 Å². The third-order valence-electron chi connectivity index (χ3n) is 5.81. The van der Waals surface area contributed by atoms with E-state index in [9.17, 15) is 20.0 Å². The number of phenols is 1. The molecule has 9 nitrogen and oxygen atoms in total. The fourth-order valence-electron chi connectivity index (χ4n) is 3.78. The van der Waals surface area contributed by atoms with Crippen LogP contribution in [-0.2, 0) is 4.79 Å². The molecule has 5 N–H and O–H groups in total. The minimum absolute atomic E-state index is 0. The first-order chi connectivity index (χ1) is 18.7. The SMILES string of the molecule is COc1ccc(C(=O)Nc2nc(-c3ccc(Cl)cc3O)cc(-c3cccc(NC(=O)C(C)N)c3)c2C#N)cc1.Cl. The van der Waals surface area contributed by atoms with Crippen molar-refractivity contribution >= 4 is 47.3 Å². The summed E-state index contributed by atoms with van der Waals surface area (Å²) in [5.41, 5.74) is 8.15. The maximum absolute atomic E-state index is 13.1. The van der Waals surface area contributed by atoms with Gasteiger partial charge < -0.3 is 26.2 Å². The van der Waals surface area contributed by atoms with Gasteiger partial charge >= 0.3 is 0 Å². The second-order valence-corrected chi connectivity index (χ2v) is 9.03. The lowest BCUT2D eigenvalue weighted by molar-refractivity contribution is -0.117. The number of methoxy groups -OCH3 is 1. The molecule has 2 amide bonds. The van der Waals surface area contributed by atoms with E-state index in [-0.39, 0.29) is 41.1 Å². The van der Waals surface area contributed by atoms with Crippen molar-refractivity contribution in [3.8, 4) is 40.0 Å². The number of nitrogens with two attached hydrogens (primary N) is 1. The number of nitrogens with one attached hydrogen (secondary N) is 2. The van der Waals surface area contributed by atoms with Gasteiger partial charge in [-0.05, 0) is 73.2 Å². The molecule has 1 heterocycles. The normalized spacial score (nSPS) is 11.0. The molecule has 0 fully saturated rings. The first-order valence-corrected chi connectivity index (χ1v) is 12.1. The zero-order valence-corrected chi connectivity index (χ0v) is 23.0. The molecule has 204 valence electrons. The minimum Gasteiger partial charge on any atom is -0.507 e. The van der Waals surface area contributed by atoms with Gasteiger partial charge in [0.25, 0.3) is 5.91 Å². The number of amides is 2. The highest BCUT2D eigenvalue weighted by Gasteiger charge is 2.20. The third-order valence-corrected chi connectivity index (χ3v) is 6.04. The average Bonchev–Trinajstić information content (AvgIpc) is 2.92. The van der Waals surface area contributed by atoms with E-state index in [0.717, 1.165) is 0 Å². The molecule has 0 aliphatic rings. The summed E-state index contributed by atoms with van der Waals surface area (Å²) in [6.45, 7) is 1.57. The molecular weight excluding hydrogens is 553 g/mol. The summed E-state index contributed by atoms with van der Waals surface area (Å²) in [7, 11) is 1.52. The number of carbonyl (C=O) groups is 2. The van der Waals surface area contributed by atoms with E-state index < -0.39 is 11.9 Å². The van der Waals surface area contributed by atoms with E-state index in [1.807, 2.05) is 0 Å². The summed E-state index contributed by atoms with van der Waals surface area (Å²) in [5, 5.41) is 26.5. The molecular formula is C29H25Cl2N5O4. The average molecular weight is 578 g/mol. The van der Waals surface area contributed by atoms with Crippen molar-refractivity contribution in [1.82, 2.24) is 4.98 Å². The highest BCUT2D eigenvalue weighted by atomic mass is 35.5. The van der Waals surface area contributed by atoms with Crippen LogP contribution in [0.2, 0.25) is 5.02 Å². The number of aromatic nitrogens is 1. The van der Waals surface area contributed by atoms with E-state index in [2.05, 4.69) is 21.7 Å². The molecule has 4 aromatic rings. The van der Waals surface area contributed by atoms with Gasteiger partial charge in [-0.3, -0.25) is 9.59 Å². The number of hydrogen-bond acceptors (Lipinski definition) is 7. The van der Waals surface area contributed by atoms with Gasteiger partial charge in [-0.1, -0.05) is 23.7 Å². The molecule has 0 aliphatic heterocycles. The Labute approximate surface area is 242 Å². The zero-order chi connectivity index (χ0) is 28.1. The molecule has 0 saturated heterocycles. The minimum atomic E-state index is -0.719. The maximum Gasteiger partial charge on any atom is 0.256 e. The molecule has 0 bridgehead atoms. The molecule has 0 saturated carbocycles. The van der Waals surface area contributed by atoms with Gasteiger partial charge in [-0.25, -0.2) is 4.98 Å². The van der Waals surface area contributed by atoms with Gasteiger partial charge in [0.2, 0.25) is 5.91 Å². The number of ether oxygens (including phenoxy) is 1. The standard InChI is InChI=1S/C29H24ClN5O4.ClH/c1-16(32)28(37)33-20-5-3-4-18(12-20)23-14-25(22-11-8-19(30)13-26(22)36)34-27(24(23)15-31)35-29(38)17-6-9-21(39-2)10-7-17;/h3-14,16,36H,32H2,1-2H3,(H,33,37)(H,34,35,38);1H. The van der Waals surface area contributed by atoms with Crippen molar-refractivity contribution in [3.63, 3.8) is 0 Å². The van der Waals surface area contributed by atoms with Crippen LogP contribution in [0.5, 0.6) is 11.5 Å². The molecule has 3 aromatic carbocycles. The summed E-state index contributed by atoms with van der Waals surface area (Å²) in [5.74, 6) is -0.424. The van der Waals surface area contributed by atoms with E-state index in [1.165, 1.54) is 13.2 Å². The number of carbonyl (C=O) groups excluding carboxylic acids is 2. The number of hydrogen-bond donors (Lipinski definition) is 4. The van der Waals surface area contributed by atoms with Crippen LogP contribution in [0.3, 0.4) is 0 Å². The predicted octanol–water partition coefficient (Wildman–Crippen LogP) is 5.61. The van der Waals surface area contributed by atoms with E-state index in [0.29, 0.717) is 38.7 Å². The lowest BCUT2D eigenvalue weighted by Crippen LogP contribution is -2.32. The molecule has 0 spiro atoms. The summed E-state index contributed by atoms with van der Waals surface area (Å²) >= 11 is 6.02. The number of rotatable bonds is 7.